The number of unbranched alkanes of at least 4 members (excludes halogenated alkanes) is 2. The first-order chi connectivity index (χ1) is 10.3. The highest BCUT2D eigenvalue weighted by Crippen LogP contribution is 2.25. The van der Waals surface area contributed by atoms with Gasteiger partial charge in [-0.25, -0.2) is 0 Å². The van der Waals surface area contributed by atoms with Crippen molar-refractivity contribution in [1.29, 1.82) is 0 Å². The predicted octanol–water partition coefficient (Wildman–Crippen LogP) is 3.74. The molecule has 3 nitrogen and oxygen atoms in total. The van der Waals surface area contributed by atoms with Crippen LogP contribution in [0.2, 0.25) is 0 Å². The lowest BCUT2D eigenvalue weighted by atomic mass is 9.98. The van der Waals surface area contributed by atoms with Crippen LogP contribution in [0.15, 0.2) is 24.3 Å². The van der Waals surface area contributed by atoms with E-state index >= 15 is 0 Å². The zero-order chi connectivity index (χ0) is 15.5. The summed E-state index contributed by atoms with van der Waals surface area (Å²) in [6.07, 6.45) is 4.90. The summed E-state index contributed by atoms with van der Waals surface area (Å²) in [6.45, 7) is 8.05. The van der Waals surface area contributed by atoms with Gasteiger partial charge in [0.2, 0.25) is 0 Å². The fraction of sp³-hybridized carbons (Fsp3) is 0.667. The molecule has 0 saturated heterocycles. The molecule has 0 aliphatic rings. The van der Waals surface area contributed by atoms with Crippen LogP contribution in [0.1, 0.15) is 56.7 Å². The van der Waals surface area contributed by atoms with E-state index in [1.165, 1.54) is 36.8 Å². The molecule has 0 fully saturated rings. The van der Waals surface area contributed by atoms with E-state index in [1.807, 2.05) is 0 Å². The highest BCUT2D eigenvalue weighted by molar-refractivity contribution is 5.30. The van der Waals surface area contributed by atoms with Crippen LogP contribution in [0, 0.1) is 0 Å². The first kappa shape index (κ1) is 18.1. The van der Waals surface area contributed by atoms with Crippen LogP contribution in [-0.4, -0.2) is 31.6 Å². The second kappa shape index (κ2) is 10.8. The Labute approximate surface area is 130 Å². The molecule has 21 heavy (non-hydrogen) atoms. The molecule has 0 amide bonds. The summed E-state index contributed by atoms with van der Waals surface area (Å²) < 4.78 is 5.35. The number of nitrogens with two attached hydrogens (primary N) is 1. The van der Waals surface area contributed by atoms with Gasteiger partial charge >= 0.3 is 0 Å². The zero-order valence-corrected chi connectivity index (χ0v) is 14.0. The first-order valence-electron chi connectivity index (χ1n) is 8.29. The van der Waals surface area contributed by atoms with Crippen molar-refractivity contribution in [3.05, 3.63) is 35.4 Å². The second-order valence-corrected chi connectivity index (χ2v) is 5.63. The Hall–Kier alpha value is -0.900. The molecule has 1 unspecified atom stereocenters. The maximum atomic E-state index is 6.13. The van der Waals surface area contributed by atoms with Gasteiger partial charge in [0.05, 0.1) is 6.61 Å². The molecule has 0 heterocycles. The van der Waals surface area contributed by atoms with Gasteiger partial charge in [0.15, 0.2) is 0 Å². The van der Waals surface area contributed by atoms with Gasteiger partial charge in [0.25, 0.3) is 0 Å². The predicted molar refractivity (Wildman–Crippen MR) is 90.3 cm³/mol. The van der Waals surface area contributed by atoms with Crippen molar-refractivity contribution in [3.8, 4) is 0 Å². The first-order valence-corrected chi connectivity index (χ1v) is 8.29. The summed E-state index contributed by atoms with van der Waals surface area (Å²) in [4.78, 5) is 2.56. The van der Waals surface area contributed by atoms with Crippen LogP contribution in [0.25, 0.3) is 0 Å². The molecule has 1 aromatic rings. The summed E-state index contributed by atoms with van der Waals surface area (Å²) in [5.41, 5.74) is 8.72. The number of benzene rings is 1. The Morgan fingerprint density at radius 3 is 2.24 bits per heavy atom. The van der Waals surface area contributed by atoms with E-state index in [-0.39, 0.29) is 0 Å². The second-order valence-electron chi connectivity index (χ2n) is 5.63. The molecule has 1 aromatic carbocycles. The van der Waals surface area contributed by atoms with Crippen molar-refractivity contribution >= 4 is 0 Å². The minimum absolute atomic E-state index is 0.300. The molecule has 2 N–H and O–H groups in total. The van der Waals surface area contributed by atoms with Crippen LogP contribution in [0.3, 0.4) is 0 Å². The van der Waals surface area contributed by atoms with Gasteiger partial charge in [-0.15, -0.1) is 0 Å². The molecule has 0 bridgehead atoms. The van der Waals surface area contributed by atoms with Crippen molar-refractivity contribution < 1.29 is 4.74 Å². The van der Waals surface area contributed by atoms with Gasteiger partial charge < -0.3 is 10.5 Å². The molecule has 1 atom stereocenters. The number of hydrogen-bond donors (Lipinski definition) is 1. The normalized spacial score (nSPS) is 12.8. The van der Waals surface area contributed by atoms with Crippen LogP contribution >= 0.6 is 0 Å². The van der Waals surface area contributed by atoms with E-state index in [4.69, 9.17) is 10.5 Å². The summed E-state index contributed by atoms with van der Waals surface area (Å²) in [5.74, 6) is 0. The number of rotatable bonds is 11. The van der Waals surface area contributed by atoms with Crippen molar-refractivity contribution in [1.82, 2.24) is 4.90 Å². The van der Waals surface area contributed by atoms with Crippen molar-refractivity contribution in [3.63, 3.8) is 0 Å². The zero-order valence-electron chi connectivity index (χ0n) is 14.0. The van der Waals surface area contributed by atoms with E-state index in [0.717, 1.165) is 13.1 Å². The molecule has 0 radical (unpaired) electrons. The Morgan fingerprint density at radius 1 is 1.10 bits per heavy atom. The molecular formula is C18H32N2O. The summed E-state index contributed by atoms with van der Waals surface area (Å²) in [6, 6.07) is 8.84. The van der Waals surface area contributed by atoms with Crippen molar-refractivity contribution in [2.75, 3.05) is 26.7 Å². The SMILES string of the molecule is CCCCN(CCCC)C(CN)c1ccccc1COC. The Balaban J connectivity index is 2.94. The average molecular weight is 292 g/mol. The lowest BCUT2D eigenvalue weighted by molar-refractivity contribution is 0.172. The monoisotopic (exact) mass is 292 g/mol. The molecule has 0 spiro atoms. The standard InChI is InChI=1S/C18H32N2O/c1-4-6-12-20(13-7-5-2)18(14-19)17-11-9-8-10-16(17)15-21-3/h8-11,18H,4-7,12-15,19H2,1-3H3. The molecule has 120 valence electrons. The van der Waals surface area contributed by atoms with Crippen molar-refractivity contribution in [2.45, 2.75) is 52.2 Å². The minimum Gasteiger partial charge on any atom is -0.380 e. The van der Waals surface area contributed by atoms with E-state index in [0.29, 0.717) is 19.2 Å². The third kappa shape index (κ3) is 5.77. The van der Waals surface area contributed by atoms with Gasteiger partial charge in [-0.3, -0.25) is 4.90 Å². The fourth-order valence-electron chi connectivity index (χ4n) is 2.76. The smallest absolute Gasteiger partial charge is 0.0716 e. The van der Waals surface area contributed by atoms with Gasteiger partial charge in [0, 0.05) is 19.7 Å². The topological polar surface area (TPSA) is 38.5 Å². The molecule has 0 saturated carbocycles. The van der Waals surface area contributed by atoms with Gasteiger partial charge in [-0.05, 0) is 37.1 Å². The maximum absolute atomic E-state index is 6.13. The lowest BCUT2D eigenvalue weighted by Gasteiger charge is -2.32. The number of methoxy groups -OCH3 is 1. The third-order valence-electron chi connectivity index (χ3n) is 3.98. The fourth-order valence-corrected chi connectivity index (χ4v) is 2.76. The molecule has 0 aliphatic heterocycles. The highest BCUT2D eigenvalue weighted by atomic mass is 16.5. The third-order valence-corrected chi connectivity index (χ3v) is 3.98. The van der Waals surface area contributed by atoms with Gasteiger partial charge in [-0.2, -0.15) is 0 Å². The largest absolute Gasteiger partial charge is 0.380 e. The van der Waals surface area contributed by atoms with Crippen LogP contribution < -0.4 is 5.73 Å². The summed E-state index contributed by atoms with van der Waals surface area (Å²) in [5, 5.41) is 0. The Kier molecular flexibility index (Phi) is 9.31. The van der Waals surface area contributed by atoms with Crippen LogP contribution in [0.5, 0.6) is 0 Å². The maximum Gasteiger partial charge on any atom is 0.0716 e. The summed E-state index contributed by atoms with van der Waals surface area (Å²) >= 11 is 0. The molecular weight excluding hydrogens is 260 g/mol. The van der Waals surface area contributed by atoms with E-state index in [9.17, 15) is 0 Å². The number of hydrogen-bond acceptors (Lipinski definition) is 3. The Morgan fingerprint density at radius 2 is 1.71 bits per heavy atom. The molecule has 1 rings (SSSR count). The lowest BCUT2D eigenvalue weighted by Crippen LogP contribution is -2.36. The number of nitrogens with zero attached hydrogens (tertiary/aromatic N) is 1. The number of ether oxygens (including phenoxy) is 1. The van der Waals surface area contributed by atoms with E-state index < -0.39 is 0 Å². The van der Waals surface area contributed by atoms with Crippen molar-refractivity contribution in [2.24, 2.45) is 5.73 Å². The minimum atomic E-state index is 0.300. The van der Waals surface area contributed by atoms with E-state index in [1.54, 1.807) is 7.11 Å². The van der Waals surface area contributed by atoms with Gasteiger partial charge in [-0.1, -0.05) is 51.0 Å². The molecule has 0 aliphatic carbocycles. The highest BCUT2D eigenvalue weighted by Gasteiger charge is 2.20. The quantitative estimate of drug-likeness (QED) is 0.675. The molecule has 3 heteroatoms. The average Bonchev–Trinajstić information content (AvgIpc) is 2.51. The summed E-state index contributed by atoms with van der Waals surface area (Å²) in [7, 11) is 1.75. The molecule has 0 aromatic heterocycles. The Bertz CT molecular complexity index is 373. The van der Waals surface area contributed by atoms with Gasteiger partial charge in [0.1, 0.15) is 0 Å². The van der Waals surface area contributed by atoms with Crippen LogP contribution in [-0.2, 0) is 11.3 Å². The van der Waals surface area contributed by atoms with Crippen LogP contribution in [0.4, 0.5) is 0 Å². The van der Waals surface area contributed by atoms with E-state index in [2.05, 4.69) is 43.0 Å².